The Balaban J connectivity index is 1.62. The summed E-state index contributed by atoms with van der Waals surface area (Å²) in [4.78, 5) is 12.4. The molecule has 1 aromatic carbocycles. The van der Waals surface area contributed by atoms with E-state index in [0.717, 1.165) is 0 Å². The Labute approximate surface area is 160 Å². The van der Waals surface area contributed by atoms with E-state index in [0.29, 0.717) is 45.9 Å². The number of piperidine rings is 1. The molecule has 1 amide bonds. The summed E-state index contributed by atoms with van der Waals surface area (Å²) in [5, 5.41) is 5.41. The third kappa shape index (κ3) is 4.17. The van der Waals surface area contributed by atoms with E-state index < -0.39 is 10.0 Å². The summed E-state index contributed by atoms with van der Waals surface area (Å²) in [6.45, 7) is 0.642. The number of hydrogen-bond acceptors (Lipinski definition) is 4. The van der Waals surface area contributed by atoms with E-state index in [-0.39, 0.29) is 11.8 Å². The van der Waals surface area contributed by atoms with Crippen LogP contribution >= 0.6 is 34.5 Å². The minimum Gasteiger partial charge on any atom is -0.324 e. The van der Waals surface area contributed by atoms with Gasteiger partial charge < -0.3 is 5.32 Å². The first-order valence-corrected chi connectivity index (χ1v) is 10.7. The van der Waals surface area contributed by atoms with Crippen LogP contribution in [0.3, 0.4) is 0 Å². The van der Waals surface area contributed by atoms with E-state index in [4.69, 9.17) is 23.2 Å². The van der Waals surface area contributed by atoms with Crippen LogP contribution in [-0.4, -0.2) is 31.7 Å². The second-order valence-corrected chi connectivity index (χ2v) is 9.68. The number of carbonyl (C=O) groups is 1. The van der Waals surface area contributed by atoms with Gasteiger partial charge in [0.05, 0.1) is 10.7 Å². The van der Waals surface area contributed by atoms with Crippen molar-refractivity contribution in [2.75, 3.05) is 18.4 Å². The summed E-state index contributed by atoms with van der Waals surface area (Å²) in [6, 6.07) is 8.17. The standard InChI is InChI=1S/C16H16Cl2N2O3S2/c17-12-3-4-13(18)14(10-12)19-16(21)11-5-7-20(8-6-11)25(22,23)15-2-1-9-24-15/h1-4,9-11H,5-8H2,(H,19,21). The van der Waals surface area contributed by atoms with Gasteiger partial charge in [0.1, 0.15) is 4.21 Å². The molecule has 0 spiro atoms. The van der Waals surface area contributed by atoms with E-state index in [9.17, 15) is 13.2 Å². The quantitative estimate of drug-likeness (QED) is 0.812. The van der Waals surface area contributed by atoms with Crippen molar-refractivity contribution in [3.05, 3.63) is 45.8 Å². The highest BCUT2D eigenvalue weighted by molar-refractivity contribution is 7.91. The van der Waals surface area contributed by atoms with Crippen LogP contribution in [0.1, 0.15) is 12.8 Å². The largest absolute Gasteiger partial charge is 0.324 e. The van der Waals surface area contributed by atoms with Gasteiger partial charge in [0.15, 0.2) is 0 Å². The van der Waals surface area contributed by atoms with E-state index in [1.165, 1.54) is 15.6 Å². The summed E-state index contributed by atoms with van der Waals surface area (Å²) < 4.78 is 26.8. The molecule has 0 unspecified atom stereocenters. The zero-order chi connectivity index (χ0) is 18.0. The number of rotatable bonds is 4. The normalized spacial score (nSPS) is 16.7. The smallest absolute Gasteiger partial charge is 0.252 e. The van der Waals surface area contributed by atoms with Crippen molar-refractivity contribution in [1.29, 1.82) is 0 Å². The molecular weight excluding hydrogens is 403 g/mol. The van der Waals surface area contributed by atoms with Crippen molar-refractivity contribution < 1.29 is 13.2 Å². The third-order valence-corrected chi connectivity index (χ3v) is 7.94. The number of benzene rings is 1. The van der Waals surface area contributed by atoms with Gasteiger partial charge in [-0.15, -0.1) is 11.3 Å². The van der Waals surface area contributed by atoms with Gasteiger partial charge in [-0.25, -0.2) is 8.42 Å². The Hall–Kier alpha value is -1.12. The lowest BCUT2D eigenvalue weighted by Crippen LogP contribution is -2.41. The van der Waals surface area contributed by atoms with Gasteiger partial charge in [0, 0.05) is 24.0 Å². The number of nitrogens with one attached hydrogen (secondary N) is 1. The van der Waals surface area contributed by atoms with E-state index in [1.54, 1.807) is 35.7 Å². The van der Waals surface area contributed by atoms with Crippen molar-refractivity contribution in [3.63, 3.8) is 0 Å². The maximum atomic E-state index is 12.5. The van der Waals surface area contributed by atoms with Gasteiger partial charge in [-0.2, -0.15) is 4.31 Å². The van der Waals surface area contributed by atoms with Gasteiger partial charge in [0.2, 0.25) is 5.91 Å². The first-order chi connectivity index (χ1) is 11.9. The van der Waals surface area contributed by atoms with Gasteiger partial charge in [0.25, 0.3) is 10.0 Å². The van der Waals surface area contributed by atoms with Crippen molar-refractivity contribution in [3.8, 4) is 0 Å². The molecule has 2 heterocycles. The molecule has 134 valence electrons. The number of carbonyl (C=O) groups excluding carboxylic acids is 1. The summed E-state index contributed by atoms with van der Waals surface area (Å²) >= 11 is 13.2. The number of nitrogens with zero attached hydrogens (tertiary/aromatic N) is 1. The zero-order valence-corrected chi connectivity index (χ0v) is 16.3. The Kier molecular flexibility index (Phi) is 5.70. The molecule has 3 rings (SSSR count). The monoisotopic (exact) mass is 418 g/mol. The number of sulfonamides is 1. The van der Waals surface area contributed by atoms with Crippen LogP contribution in [0.2, 0.25) is 10.0 Å². The number of hydrogen-bond donors (Lipinski definition) is 1. The van der Waals surface area contributed by atoms with Crippen LogP contribution < -0.4 is 5.32 Å². The molecule has 1 N–H and O–H groups in total. The highest BCUT2D eigenvalue weighted by Crippen LogP contribution is 2.29. The lowest BCUT2D eigenvalue weighted by molar-refractivity contribution is -0.120. The zero-order valence-electron chi connectivity index (χ0n) is 13.1. The van der Waals surface area contributed by atoms with Gasteiger partial charge in [-0.3, -0.25) is 4.79 Å². The molecule has 1 aliphatic rings. The number of amides is 1. The van der Waals surface area contributed by atoms with Crippen LogP contribution in [0.4, 0.5) is 5.69 Å². The minimum atomic E-state index is -3.46. The molecular formula is C16H16Cl2N2O3S2. The number of anilines is 1. The predicted octanol–water partition coefficient (Wildman–Crippen LogP) is 4.09. The van der Waals surface area contributed by atoms with Crippen molar-refractivity contribution in [2.24, 2.45) is 5.92 Å². The lowest BCUT2D eigenvalue weighted by atomic mass is 9.97. The molecule has 0 radical (unpaired) electrons. The minimum absolute atomic E-state index is 0.169. The van der Waals surface area contributed by atoms with Crippen molar-refractivity contribution >= 4 is 56.2 Å². The SMILES string of the molecule is O=C(Nc1cc(Cl)ccc1Cl)C1CCN(S(=O)(=O)c2cccs2)CC1. The molecule has 0 atom stereocenters. The van der Waals surface area contributed by atoms with Crippen molar-refractivity contribution in [1.82, 2.24) is 4.31 Å². The first kappa shape index (κ1) is 18.7. The first-order valence-electron chi connectivity index (χ1n) is 7.67. The second kappa shape index (κ2) is 7.63. The maximum absolute atomic E-state index is 12.5. The molecule has 0 bridgehead atoms. The number of thiophene rings is 1. The molecule has 5 nitrogen and oxygen atoms in total. The Bertz CT molecular complexity index is 862. The van der Waals surface area contributed by atoms with Crippen LogP contribution in [0.25, 0.3) is 0 Å². The Morgan fingerprint density at radius 2 is 1.92 bits per heavy atom. The van der Waals surface area contributed by atoms with Gasteiger partial charge >= 0.3 is 0 Å². The fourth-order valence-electron chi connectivity index (χ4n) is 2.72. The maximum Gasteiger partial charge on any atom is 0.252 e. The van der Waals surface area contributed by atoms with Crippen LogP contribution in [0.15, 0.2) is 39.9 Å². The van der Waals surface area contributed by atoms with Crippen LogP contribution in [0.5, 0.6) is 0 Å². The van der Waals surface area contributed by atoms with Crippen molar-refractivity contribution in [2.45, 2.75) is 17.1 Å². The van der Waals surface area contributed by atoms with Crippen LogP contribution in [-0.2, 0) is 14.8 Å². The van der Waals surface area contributed by atoms with E-state index in [1.807, 2.05) is 0 Å². The average molecular weight is 419 g/mol. The summed E-state index contributed by atoms with van der Waals surface area (Å²) in [5.41, 5.74) is 0.466. The van der Waals surface area contributed by atoms with E-state index >= 15 is 0 Å². The Morgan fingerprint density at radius 1 is 1.20 bits per heavy atom. The fourth-order valence-corrected chi connectivity index (χ4v) is 5.68. The summed E-state index contributed by atoms with van der Waals surface area (Å²) in [5.74, 6) is -0.429. The fraction of sp³-hybridized carbons (Fsp3) is 0.312. The molecule has 1 aliphatic heterocycles. The summed E-state index contributed by atoms with van der Waals surface area (Å²) in [6.07, 6.45) is 0.934. The highest BCUT2D eigenvalue weighted by atomic mass is 35.5. The molecule has 1 fully saturated rings. The third-order valence-electron chi connectivity index (χ3n) is 4.10. The molecule has 25 heavy (non-hydrogen) atoms. The molecule has 1 saturated heterocycles. The molecule has 1 aromatic heterocycles. The molecule has 2 aromatic rings. The molecule has 0 saturated carbocycles. The summed E-state index contributed by atoms with van der Waals surface area (Å²) in [7, 11) is -3.46. The topological polar surface area (TPSA) is 66.5 Å². The predicted molar refractivity (Wildman–Crippen MR) is 101 cm³/mol. The highest BCUT2D eigenvalue weighted by Gasteiger charge is 2.32. The van der Waals surface area contributed by atoms with Gasteiger partial charge in [-0.05, 0) is 42.5 Å². The number of halogens is 2. The van der Waals surface area contributed by atoms with Crippen LogP contribution in [0, 0.1) is 5.92 Å². The second-order valence-electron chi connectivity index (χ2n) is 5.72. The lowest BCUT2D eigenvalue weighted by Gasteiger charge is -2.30. The van der Waals surface area contributed by atoms with E-state index in [2.05, 4.69) is 5.32 Å². The average Bonchev–Trinajstić information content (AvgIpc) is 3.13. The Morgan fingerprint density at radius 3 is 2.56 bits per heavy atom. The molecule has 9 heteroatoms. The molecule has 0 aliphatic carbocycles. The van der Waals surface area contributed by atoms with Gasteiger partial charge in [-0.1, -0.05) is 29.3 Å².